The molecule has 0 saturated carbocycles. The van der Waals surface area contributed by atoms with E-state index in [-0.39, 0.29) is 5.96 Å². The molecule has 0 aliphatic carbocycles. The predicted octanol–water partition coefficient (Wildman–Crippen LogP) is 1.04. The summed E-state index contributed by atoms with van der Waals surface area (Å²) in [6.07, 6.45) is 1.61. The van der Waals surface area contributed by atoms with Gasteiger partial charge in [0, 0.05) is 17.6 Å². The number of rotatable bonds is 4. The normalized spacial score (nSPS) is 11.2. The minimum absolute atomic E-state index is 0.122. The highest BCUT2D eigenvalue weighted by Gasteiger charge is 2.05. The van der Waals surface area contributed by atoms with Crippen LogP contribution in [-0.4, -0.2) is 22.5 Å². The first-order chi connectivity index (χ1) is 7.61. The molecular formula is C7H10ClN5O2S. The molecule has 1 aromatic rings. The average Bonchev–Trinajstić information content (AvgIpc) is 2.60. The summed E-state index contributed by atoms with van der Waals surface area (Å²) in [6, 6.07) is 0. The van der Waals surface area contributed by atoms with Crippen molar-refractivity contribution in [2.75, 3.05) is 6.54 Å². The lowest BCUT2D eigenvalue weighted by Gasteiger charge is -2.05. The largest absolute Gasteiger partial charge is 0.351 e. The lowest BCUT2D eigenvalue weighted by Crippen LogP contribution is -2.37. The molecule has 0 unspecified atom stereocenters. The van der Waals surface area contributed by atoms with Crippen molar-refractivity contribution in [2.45, 2.75) is 13.5 Å². The first-order valence-corrected chi connectivity index (χ1v) is 5.62. The van der Waals surface area contributed by atoms with Crippen LogP contribution in [0.25, 0.3) is 0 Å². The van der Waals surface area contributed by atoms with Gasteiger partial charge in [-0.15, -0.1) is 11.3 Å². The minimum atomic E-state index is -0.759. The SMILES string of the molecule is CCNC(=N[N+](=O)[O-])NCc1cnc(Cl)s1. The standard InChI is InChI=1S/C7H10ClN5O2S/c1-2-9-7(12-13(14)15)11-4-5-3-10-6(8)16-5/h3H,2,4H2,1H3,(H2,9,11,12). The molecule has 1 rings (SSSR count). The van der Waals surface area contributed by atoms with Crippen LogP contribution in [0, 0.1) is 10.1 Å². The van der Waals surface area contributed by atoms with Gasteiger partial charge in [-0.25, -0.2) is 15.1 Å². The second-order valence-electron chi connectivity index (χ2n) is 2.65. The first-order valence-electron chi connectivity index (χ1n) is 4.42. The molecule has 0 aliphatic rings. The second-order valence-corrected chi connectivity index (χ2v) is 4.35. The van der Waals surface area contributed by atoms with Gasteiger partial charge in [0.25, 0.3) is 5.96 Å². The Hall–Kier alpha value is -1.41. The third kappa shape index (κ3) is 4.41. The van der Waals surface area contributed by atoms with Gasteiger partial charge in [0.15, 0.2) is 9.50 Å². The van der Waals surface area contributed by atoms with Gasteiger partial charge in [-0.1, -0.05) is 11.6 Å². The number of guanidine groups is 1. The number of nitrogens with zero attached hydrogens (tertiary/aromatic N) is 3. The summed E-state index contributed by atoms with van der Waals surface area (Å²) in [7, 11) is 0. The van der Waals surface area contributed by atoms with Crippen LogP contribution < -0.4 is 10.6 Å². The molecule has 0 aromatic carbocycles. The van der Waals surface area contributed by atoms with E-state index in [0.29, 0.717) is 17.6 Å². The number of halogens is 1. The Labute approximate surface area is 101 Å². The molecule has 0 saturated heterocycles. The molecule has 1 heterocycles. The molecule has 0 radical (unpaired) electrons. The fourth-order valence-corrected chi connectivity index (χ4v) is 1.84. The van der Waals surface area contributed by atoms with E-state index in [1.54, 1.807) is 6.20 Å². The van der Waals surface area contributed by atoms with E-state index in [0.717, 1.165) is 4.88 Å². The fourth-order valence-electron chi connectivity index (χ4n) is 0.918. The van der Waals surface area contributed by atoms with Gasteiger partial charge in [-0.05, 0) is 6.92 Å². The van der Waals surface area contributed by atoms with Crippen molar-refractivity contribution in [3.05, 3.63) is 25.7 Å². The van der Waals surface area contributed by atoms with Crippen molar-refractivity contribution in [3.8, 4) is 0 Å². The smallest absolute Gasteiger partial charge is 0.269 e. The molecule has 0 amide bonds. The molecule has 88 valence electrons. The number of aromatic nitrogens is 1. The van der Waals surface area contributed by atoms with Crippen LogP contribution in [0.5, 0.6) is 0 Å². The number of nitro groups is 1. The summed E-state index contributed by atoms with van der Waals surface area (Å²) in [4.78, 5) is 14.9. The van der Waals surface area contributed by atoms with Crippen LogP contribution in [0.4, 0.5) is 0 Å². The Morgan fingerprint density at radius 1 is 1.75 bits per heavy atom. The van der Waals surface area contributed by atoms with Crippen LogP contribution >= 0.6 is 22.9 Å². The fraction of sp³-hybridized carbons (Fsp3) is 0.429. The van der Waals surface area contributed by atoms with E-state index in [9.17, 15) is 10.1 Å². The van der Waals surface area contributed by atoms with Gasteiger partial charge < -0.3 is 10.6 Å². The predicted molar refractivity (Wildman–Crippen MR) is 62.1 cm³/mol. The molecule has 16 heavy (non-hydrogen) atoms. The first kappa shape index (κ1) is 12.7. The summed E-state index contributed by atoms with van der Waals surface area (Å²) < 4.78 is 0.438. The molecule has 1 aromatic heterocycles. The zero-order valence-electron chi connectivity index (χ0n) is 8.44. The molecule has 2 N–H and O–H groups in total. The maximum Gasteiger partial charge on any atom is 0.269 e. The molecule has 0 bridgehead atoms. The van der Waals surface area contributed by atoms with E-state index in [1.807, 2.05) is 6.92 Å². The Kier molecular flexibility index (Phi) is 4.93. The van der Waals surface area contributed by atoms with Crippen LogP contribution in [0.3, 0.4) is 0 Å². The molecule has 7 nitrogen and oxygen atoms in total. The van der Waals surface area contributed by atoms with Gasteiger partial charge in [0.05, 0.1) is 6.54 Å². The Morgan fingerprint density at radius 3 is 3.00 bits per heavy atom. The number of thiazole rings is 1. The van der Waals surface area contributed by atoms with Gasteiger partial charge in [-0.3, -0.25) is 0 Å². The molecule has 0 spiro atoms. The maximum absolute atomic E-state index is 10.2. The molecule has 9 heteroatoms. The summed E-state index contributed by atoms with van der Waals surface area (Å²) in [6.45, 7) is 2.76. The van der Waals surface area contributed by atoms with Crippen LogP contribution in [0.1, 0.15) is 11.8 Å². The molecule has 0 aliphatic heterocycles. The third-order valence-electron chi connectivity index (χ3n) is 1.48. The third-order valence-corrected chi connectivity index (χ3v) is 2.60. The molecular weight excluding hydrogens is 254 g/mol. The lowest BCUT2D eigenvalue weighted by atomic mass is 10.5. The van der Waals surface area contributed by atoms with Crippen LogP contribution in [0.2, 0.25) is 4.47 Å². The van der Waals surface area contributed by atoms with E-state index < -0.39 is 5.03 Å². The zero-order valence-corrected chi connectivity index (χ0v) is 10.0. The number of hydrogen-bond donors (Lipinski definition) is 2. The van der Waals surface area contributed by atoms with Gasteiger partial charge in [0.2, 0.25) is 0 Å². The maximum atomic E-state index is 10.2. The van der Waals surface area contributed by atoms with Crippen molar-refractivity contribution in [2.24, 2.45) is 5.10 Å². The zero-order chi connectivity index (χ0) is 12.0. The summed E-state index contributed by atoms with van der Waals surface area (Å²) >= 11 is 6.95. The topological polar surface area (TPSA) is 92.5 Å². The highest BCUT2D eigenvalue weighted by molar-refractivity contribution is 7.15. The number of hydrogen-bond acceptors (Lipinski definition) is 4. The lowest BCUT2D eigenvalue weighted by molar-refractivity contribution is -0.485. The monoisotopic (exact) mass is 263 g/mol. The highest BCUT2D eigenvalue weighted by atomic mass is 35.5. The Bertz CT molecular complexity index is 394. The van der Waals surface area contributed by atoms with Gasteiger partial charge >= 0.3 is 0 Å². The van der Waals surface area contributed by atoms with E-state index in [2.05, 4.69) is 20.7 Å². The van der Waals surface area contributed by atoms with Crippen molar-refractivity contribution >= 4 is 28.9 Å². The Balaban J connectivity index is 2.53. The number of hydrazone groups is 1. The quantitative estimate of drug-likeness (QED) is 0.366. The summed E-state index contributed by atoms with van der Waals surface area (Å²) in [5, 5.41) is 18.1. The van der Waals surface area contributed by atoms with E-state index in [1.165, 1.54) is 11.3 Å². The summed E-state index contributed by atoms with van der Waals surface area (Å²) in [5.74, 6) is 0.122. The van der Waals surface area contributed by atoms with Crippen molar-refractivity contribution in [3.63, 3.8) is 0 Å². The van der Waals surface area contributed by atoms with Crippen molar-refractivity contribution in [1.29, 1.82) is 0 Å². The van der Waals surface area contributed by atoms with Crippen LogP contribution in [-0.2, 0) is 6.54 Å². The minimum Gasteiger partial charge on any atom is -0.351 e. The highest BCUT2D eigenvalue weighted by Crippen LogP contribution is 2.16. The van der Waals surface area contributed by atoms with Crippen LogP contribution in [0.15, 0.2) is 11.3 Å². The van der Waals surface area contributed by atoms with E-state index >= 15 is 0 Å². The van der Waals surface area contributed by atoms with Gasteiger partial charge in [-0.2, -0.15) is 0 Å². The number of nitrogens with one attached hydrogen (secondary N) is 2. The second kappa shape index (κ2) is 6.23. The summed E-state index contributed by atoms with van der Waals surface area (Å²) in [5.41, 5.74) is 0. The molecule has 0 fully saturated rings. The van der Waals surface area contributed by atoms with E-state index in [4.69, 9.17) is 11.6 Å². The van der Waals surface area contributed by atoms with Crippen molar-refractivity contribution < 1.29 is 5.03 Å². The van der Waals surface area contributed by atoms with Gasteiger partial charge in [0.1, 0.15) is 5.10 Å². The average molecular weight is 264 g/mol. The Morgan fingerprint density at radius 2 is 2.50 bits per heavy atom. The van der Waals surface area contributed by atoms with Crippen molar-refractivity contribution in [1.82, 2.24) is 15.6 Å². The molecule has 0 atom stereocenters.